The lowest BCUT2D eigenvalue weighted by atomic mass is 10.0. The number of hydrogen-bond donors (Lipinski definition) is 0. The zero-order valence-electron chi connectivity index (χ0n) is 13.5. The summed E-state index contributed by atoms with van der Waals surface area (Å²) in [5.41, 5.74) is 0.933. The fourth-order valence-electron chi connectivity index (χ4n) is 2.38. The highest BCUT2D eigenvalue weighted by Gasteiger charge is 2.16. The zero-order valence-corrected chi connectivity index (χ0v) is 13.5. The number of halogens is 3. The highest BCUT2D eigenvalue weighted by Crippen LogP contribution is 2.31. The van der Waals surface area contributed by atoms with Crippen molar-refractivity contribution >= 4 is 0 Å². The second-order valence-corrected chi connectivity index (χ2v) is 5.50. The Labute approximate surface area is 135 Å². The Bertz CT molecular complexity index is 668. The Morgan fingerprint density at radius 1 is 0.913 bits per heavy atom. The van der Waals surface area contributed by atoms with Crippen molar-refractivity contribution in [2.45, 2.75) is 39.5 Å². The molecule has 0 radical (unpaired) electrons. The van der Waals surface area contributed by atoms with Gasteiger partial charge in [-0.05, 0) is 42.2 Å². The van der Waals surface area contributed by atoms with Crippen LogP contribution in [0.15, 0.2) is 30.3 Å². The summed E-state index contributed by atoms with van der Waals surface area (Å²) < 4.78 is 47.6. The van der Waals surface area contributed by atoms with E-state index >= 15 is 0 Å². The lowest BCUT2D eigenvalue weighted by molar-refractivity contribution is 0.289. The molecule has 2 rings (SSSR count). The van der Waals surface area contributed by atoms with Gasteiger partial charge in [0.2, 0.25) is 5.82 Å². The van der Waals surface area contributed by atoms with Crippen LogP contribution in [0.4, 0.5) is 13.2 Å². The van der Waals surface area contributed by atoms with Crippen molar-refractivity contribution in [3.63, 3.8) is 0 Å². The van der Waals surface area contributed by atoms with Crippen LogP contribution >= 0.6 is 0 Å². The molecule has 23 heavy (non-hydrogen) atoms. The number of ether oxygens (including phenoxy) is 1. The van der Waals surface area contributed by atoms with Gasteiger partial charge in [0.1, 0.15) is 5.82 Å². The van der Waals surface area contributed by atoms with E-state index in [-0.39, 0.29) is 11.3 Å². The van der Waals surface area contributed by atoms with E-state index in [4.69, 9.17) is 4.74 Å². The van der Waals surface area contributed by atoms with Crippen molar-refractivity contribution in [3.8, 4) is 16.9 Å². The maximum absolute atomic E-state index is 14.3. The summed E-state index contributed by atoms with van der Waals surface area (Å²) in [6.45, 7) is 4.28. The maximum atomic E-state index is 14.3. The van der Waals surface area contributed by atoms with Crippen LogP contribution in [0.3, 0.4) is 0 Å². The molecule has 1 nitrogen and oxygen atoms in total. The smallest absolute Gasteiger partial charge is 0.201 e. The molecule has 2 aromatic carbocycles. The van der Waals surface area contributed by atoms with Crippen LogP contribution in [0, 0.1) is 17.5 Å². The van der Waals surface area contributed by atoms with E-state index in [0.29, 0.717) is 24.2 Å². The highest BCUT2D eigenvalue weighted by atomic mass is 19.2. The molecule has 0 aliphatic rings. The third-order valence-electron chi connectivity index (χ3n) is 3.69. The average molecular weight is 322 g/mol. The van der Waals surface area contributed by atoms with Crippen LogP contribution in [0.25, 0.3) is 11.1 Å². The van der Waals surface area contributed by atoms with Crippen molar-refractivity contribution in [2.24, 2.45) is 0 Å². The third-order valence-corrected chi connectivity index (χ3v) is 3.69. The van der Waals surface area contributed by atoms with Gasteiger partial charge >= 0.3 is 0 Å². The normalized spacial score (nSPS) is 10.8. The van der Waals surface area contributed by atoms with Crippen molar-refractivity contribution < 1.29 is 17.9 Å². The second kappa shape index (κ2) is 8.04. The molecule has 0 saturated carbocycles. The zero-order chi connectivity index (χ0) is 16.8. The molecule has 0 spiro atoms. The van der Waals surface area contributed by atoms with Gasteiger partial charge in [-0.3, -0.25) is 0 Å². The minimum Gasteiger partial charge on any atom is -0.490 e. The molecule has 2 aromatic rings. The first-order chi connectivity index (χ1) is 11.1. The minimum absolute atomic E-state index is 0.0345. The number of rotatable bonds is 7. The summed E-state index contributed by atoms with van der Waals surface area (Å²) in [5, 5.41) is 0. The Morgan fingerprint density at radius 3 is 2.35 bits per heavy atom. The van der Waals surface area contributed by atoms with E-state index < -0.39 is 17.5 Å². The van der Waals surface area contributed by atoms with Gasteiger partial charge in [-0.15, -0.1) is 0 Å². The first-order valence-corrected chi connectivity index (χ1v) is 7.98. The first kappa shape index (κ1) is 17.4. The molecule has 0 aliphatic carbocycles. The van der Waals surface area contributed by atoms with Crippen LogP contribution in [0.1, 0.15) is 38.7 Å². The maximum Gasteiger partial charge on any atom is 0.201 e. The van der Waals surface area contributed by atoms with Gasteiger partial charge in [0.15, 0.2) is 11.6 Å². The molecule has 124 valence electrons. The van der Waals surface area contributed by atoms with Gasteiger partial charge in [0.25, 0.3) is 0 Å². The van der Waals surface area contributed by atoms with E-state index in [0.717, 1.165) is 19.3 Å². The quantitative estimate of drug-likeness (QED) is 0.576. The molecule has 0 saturated heterocycles. The van der Waals surface area contributed by atoms with E-state index in [1.807, 2.05) is 13.8 Å². The summed E-state index contributed by atoms with van der Waals surface area (Å²) >= 11 is 0. The molecule has 0 amide bonds. The molecule has 0 N–H and O–H groups in total. The van der Waals surface area contributed by atoms with Crippen LogP contribution in [0.5, 0.6) is 5.75 Å². The van der Waals surface area contributed by atoms with Gasteiger partial charge in [-0.25, -0.2) is 8.78 Å². The summed E-state index contributed by atoms with van der Waals surface area (Å²) in [6.07, 6.45) is 3.12. The predicted octanol–water partition coefficient (Wildman–Crippen LogP) is 5.90. The lowest BCUT2D eigenvalue weighted by Crippen LogP contribution is -2.01. The third kappa shape index (κ3) is 4.06. The summed E-state index contributed by atoms with van der Waals surface area (Å²) in [5.74, 6) is -2.55. The van der Waals surface area contributed by atoms with Gasteiger partial charge in [-0.2, -0.15) is 4.39 Å². The Kier molecular flexibility index (Phi) is 6.08. The molecule has 0 unspecified atom stereocenters. The minimum atomic E-state index is -1.03. The van der Waals surface area contributed by atoms with Crippen LogP contribution < -0.4 is 4.74 Å². The molecule has 0 aliphatic heterocycles. The molecular formula is C19H21F3O. The predicted molar refractivity (Wildman–Crippen MR) is 86.2 cm³/mol. The van der Waals surface area contributed by atoms with E-state index in [1.54, 1.807) is 12.1 Å². The SMILES string of the molecule is CCCCOc1ccc(-c2ccc(CCC)c(F)c2)c(F)c1F. The summed E-state index contributed by atoms with van der Waals surface area (Å²) in [4.78, 5) is 0. The van der Waals surface area contributed by atoms with Gasteiger partial charge in [0.05, 0.1) is 6.61 Å². The Morgan fingerprint density at radius 2 is 1.70 bits per heavy atom. The van der Waals surface area contributed by atoms with Crippen LogP contribution in [-0.4, -0.2) is 6.61 Å². The molecule has 4 heteroatoms. The number of aryl methyl sites for hydroxylation is 1. The van der Waals surface area contributed by atoms with Crippen LogP contribution in [0.2, 0.25) is 0 Å². The van der Waals surface area contributed by atoms with E-state index in [9.17, 15) is 13.2 Å². The summed E-state index contributed by atoms with van der Waals surface area (Å²) in [7, 11) is 0. The fourth-order valence-corrected chi connectivity index (χ4v) is 2.38. The fraction of sp³-hybridized carbons (Fsp3) is 0.368. The van der Waals surface area contributed by atoms with Gasteiger partial charge in [-0.1, -0.05) is 38.8 Å². The largest absolute Gasteiger partial charge is 0.490 e. The summed E-state index contributed by atoms with van der Waals surface area (Å²) in [6, 6.07) is 7.30. The molecule has 0 fully saturated rings. The van der Waals surface area contributed by atoms with E-state index in [2.05, 4.69) is 0 Å². The van der Waals surface area contributed by atoms with Crippen molar-refractivity contribution in [1.82, 2.24) is 0 Å². The second-order valence-electron chi connectivity index (χ2n) is 5.50. The molecule has 0 aromatic heterocycles. The Hall–Kier alpha value is -1.97. The molecular weight excluding hydrogens is 301 g/mol. The van der Waals surface area contributed by atoms with Crippen molar-refractivity contribution in [2.75, 3.05) is 6.61 Å². The number of hydrogen-bond acceptors (Lipinski definition) is 1. The van der Waals surface area contributed by atoms with Crippen molar-refractivity contribution in [1.29, 1.82) is 0 Å². The molecule has 0 bridgehead atoms. The standard InChI is InChI=1S/C19H21F3O/c1-3-5-11-23-17-10-9-15(18(21)19(17)22)14-8-7-13(6-4-2)16(20)12-14/h7-10,12H,3-6,11H2,1-2H3. The average Bonchev–Trinajstić information content (AvgIpc) is 2.54. The van der Waals surface area contributed by atoms with Crippen molar-refractivity contribution in [3.05, 3.63) is 53.3 Å². The number of benzene rings is 2. The Balaban J connectivity index is 2.30. The number of unbranched alkanes of at least 4 members (excludes halogenated alkanes) is 1. The van der Waals surface area contributed by atoms with Crippen LogP contribution in [-0.2, 0) is 6.42 Å². The van der Waals surface area contributed by atoms with Gasteiger partial charge in [0, 0.05) is 5.56 Å². The lowest BCUT2D eigenvalue weighted by Gasteiger charge is -2.11. The molecule has 0 heterocycles. The topological polar surface area (TPSA) is 9.23 Å². The monoisotopic (exact) mass is 322 g/mol. The molecule has 0 atom stereocenters. The highest BCUT2D eigenvalue weighted by molar-refractivity contribution is 5.65. The van der Waals surface area contributed by atoms with Gasteiger partial charge < -0.3 is 4.74 Å². The van der Waals surface area contributed by atoms with E-state index in [1.165, 1.54) is 18.2 Å². The first-order valence-electron chi connectivity index (χ1n) is 7.98.